The molecule has 1 aliphatic rings. The summed E-state index contributed by atoms with van der Waals surface area (Å²) in [4.78, 5) is 19.9. The van der Waals surface area contributed by atoms with E-state index in [1.54, 1.807) is 18.5 Å². The summed E-state index contributed by atoms with van der Waals surface area (Å²) >= 11 is 0. The molecule has 0 bridgehead atoms. The van der Waals surface area contributed by atoms with Crippen LogP contribution in [0.4, 0.5) is 11.8 Å². The summed E-state index contributed by atoms with van der Waals surface area (Å²) in [5.41, 5.74) is 3.75. The Morgan fingerprint density at radius 1 is 1.04 bits per heavy atom. The Bertz CT molecular complexity index is 883. The molecule has 6 heteroatoms. The normalized spacial score (nSPS) is 17.6. The summed E-state index contributed by atoms with van der Waals surface area (Å²) in [5.74, 6) is 1.86. The standard InChI is InChI=1S/C21H24N6/c1-16-5-2-8-22-19(16)15-27-12-3-6-18(14-27)17-7-11-23-20(13-17)26-21-24-9-4-10-25-21/h2,4-5,7-11,13,18H,3,6,12,14-15H2,1H3,(H,23,24,25,26)/t18-/m0/s1. The van der Waals surface area contributed by atoms with Crippen molar-refractivity contribution >= 4 is 11.8 Å². The van der Waals surface area contributed by atoms with Gasteiger partial charge in [0.1, 0.15) is 5.82 Å². The molecule has 3 aromatic heterocycles. The van der Waals surface area contributed by atoms with E-state index < -0.39 is 0 Å². The van der Waals surface area contributed by atoms with Crippen LogP contribution in [0.15, 0.2) is 55.1 Å². The van der Waals surface area contributed by atoms with Gasteiger partial charge in [-0.15, -0.1) is 0 Å². The number of anilines is 2. The third-order valence-corrected chi connectivity index (χ3v) is 5.06. The van der Waals surface area contributed by atoms with E-state index in [1.807, 2.05) is 18.5 Å². The van der Waals surface area contributed by atoms with Crippen LogP contribution < -0.4 is 5.32 Å². The average molecular weight is 360 g/mol. The molecule has 1 fully saturated rings. The fourth-order valence-corrected chi connectivity index (χ4v) is 3.61. The number of hydrogen-bond acceptors (Lipinski definition) is 6. The van der Waals surface area contributed by atoms with Crippen molar-refractivity contribution in [3.05, 3.63) is 71.9 Å². The van der Waals surface area contributed by atoms with Gasteiger partial charge in [0.25, 0.3) is 0 Å². The van der Waals surface area contributed by atoms with E-state index in [0.717, 1.165) is 25.5 Å². The van der Waals surface area contributed by atoms with Gasteiger partial charge in [0.05, 0.1) is 5.69 Å². The topological polar surface area (TPSA) is 66.8 Å². The van der Waals surface area contributed by atoms with Crippen LogP contribution in [-0.4, -0.2) is 37.9 Å². The van der Waals surface area contributed by atoms with Crippen molar-refractivity contribution in [2.75, 3.05) is 18.4 Å². The molecule has 0 spiro atoms. The smallest absolute Gasteiger partial charge is 0.228 e. The van der Waals surface area contributed by atoms with Gasteiger partial charge >= 0.3 is 0 Å². The molecule has 0 aromatic carbocycles. The van der Waals surface area contributed by atoms with Crippen molar-refractivity contribution in [3.63, 3.8) is 0 Å². The lowest BCUT2D eigenvalue weighted by molar-refractivity contribution is 0.198. The first-order valence-electron chi connectivity index (χ1n) is 9.41. The zero-order valence-electron chi connectivity index (χ0n) is 15.5. The minimum absolute atomic E-state index is 0.503. The van der Waals surface area contributed by atoms with Crippen LogP contribution in [0.1, 0.15) is 35.6 Å². The SMILES string of the molecule is Cc1cccnc1CN1CCC[C@H](c2ccnc(Nc3ncccn3)c2)C1. The molecule has 0 unspecified atom stereocenters. The average Bonchev–Trinajstić information content (AvgIpc) is 2.71. The van der Waals surface area contributed by atoms with Crippen LogP contribution in [-0.2, 0) is 6.54 Å². The zero-order valence-corrected chi connectivity index (χ0v) is 15.5. The van der Waals surface area contributed by atoms with E-state index in [9.17, 15) is 0 Å². The minimum Gasteiger partial charge on any atom is -0.309 e. The van der Waals surface area contributed by atoms with Gasteiger partial charge in [-0.05, 0) is 67.6 Å². The van der Waals surface area contributed by atoms with Crippen molar-refractivity contribution in [2.45, 2.75) is 32.2 Å². The quantitative estimate of drug-likeness (QED) is 0.748. The lowest BCUT2D eigenvalue weighted by Gasteiger charge is -2.33. The number of aromatic nitrogens is 4. The second-order valence-corrected chi connectivity index (χ2v) is 7.01. The number of nitrogens with one attached hydrogen (secondary N) is 1. The molecule has 6 nitrogen and oxygen atoms in total. The van der Waals surface area contributed by atoms with Crippen LogP contribution in [0.3, 0.4) is 0 Å². The third kappa shape index (κ3) is 4.46. The number of aryl methyl sites for hydroxylation is 1. The predicted molar refractivity (Wildman–Crippen MR) is 106 cm³/mol. The van der Waals surface area contributed by atoms with E-state index in [2.05, 4.69) is 55.3 Å². The lowest BCUT2D eigenvalue weighted by atomic mass is 9.91. The van der Waals surface area contributed by atoms with Crippen molar-refractivity contribution in [3.8, 4) is 0 Å². The van der Waals surface area contributed by atoms with Gasteiger partial charge in [-0.1, -0.05) is 6.07 Å². The van der Waals surface area contributed by atoms with Crippen LogP contribution in [0, 0.1) is 6.92 Å². The predicted octanol–water partition coefficient (Wildman–Crippen LogP) is 3.70. The second-order valence-electron chi connectivity index (χ2n) is 7.01. The number of nitrogens with zero attached hydrogens (tertiary/aromatic N) is 5. The first-order valence-corrected chi connectivity index (χ1v) is 9.41. The molecule has 1 aliphatic heterocycles. The third-order valence-electron chi connectivity index (χ3n) is 5.06. The monoisotopic (exact) mass is 360 g/mol. The summed E-state index contributed by atoms with van der Waals surface area (Å²) in [6.07, 6.45) is 9.58. The molecule has 4 heterocycles. The zero-order chi connectivity index (χ0) is 18.5. The number of rotatable bonds is 5. The summed E-state index contributed by atoms with van der Waals surface area (Å²) in [5, 5.41) is 3.18. The van der Waals surface area contributed by atoms with Gasteiger partial charge in [0.15, 0.2) is 0 Å². The van der Waals surface area contributed by atoms with Crippen molar-refractivity contribution in [2.24, 2.45) is 0 Å². The Balaban J connectivity index is 1.45. The summed E-state index contributed by atoms with van der Waals surface area (Å²) in [7, 11) is 0. The fourth-order valence-electron chi connectivity index (χ4n) is 3.61. The Hall–Kier alpha value is -2.86. The van der Waals surface area contributed by atoms with Crippen LogP contribution >= 0.6 is 0 Å². The molecular weight excluding hydrogens is 336 g/mol. The molecule has 138 valence electrons. The van der Waals surface area contributed by atoms with Crippen molar-refractivity contribution in [1.82, 2.24) is 24.8 Å². The molecule has 3 aromatic rings. The first kappa shape index (κ1) is 17.5. The largest absolute Gasteiger partial charge is 0.309 e. The van der Waals surface area contributed by atoms with E-state index >= 15 is 0 Å². The van der Waals surface area contributed by atoms with Gasteiger partial charge in [-0.2, -0.15) is 0 Å². The maximum atomic E-state index is 4.56. The van der Waals surface area contributed by atoms with Crippen molar-refractivity contribution < 1.29 is 0 Å². The molecule has 0 saturated carbocycles. The van der Waals surface area contributed by atoms with E-state index in [-0.39, 0.29) is 0 Å². The Morgan fingerprint density at radius 2 is 1.89 bits per heavy atom. The maximum absolute atomic E-state index is 4.56. The summed E-state index contributed by atoms with van der Waals surface area (Å²) < 4.78 is 0. The molecule has 1 N–H and O–H groups in total. The van der Waals surface area contributed by atoms with Crippen molar-refractivity contribution in [1.29, 1.82) is 0 Å². The van der Waals surface area contributed by atoms with Crippen LogP contribution in [0.25, 0.3) is 0 Å². The summed E-state index contributed by atoms with van der Waals surface area (Å²) in [6.45, 7) is 5.22. The Morgan fingerprint density at radius 3 is 2.74 bits per heavy atom. The highest BCUT2D eigenvalue weighted by Crippen LogP contribution is 2.29. The van der Waals surface area contributed by atoms with Gasteiger partial charge in [-0.3, -0.25) is 9.88 Å². The van der Waals surface area contributed by atoms with Crippen LogP contribution in [0.5, 0.6) is 0 Å². The molecule has 1 saturated heterocycles. The summed E-state index contributed by atoms with van der Waals surface area (Å²) in [6, 6.07) is 10.2. The number of piperidine rings is 1. The highest BCUT2D eigenvalue weighted by atomic mass is 15.1. The molecule has 27 heavy (non-hydrogen) atoms. The van der Waals surface area contributed by atoms with Gasteiger partial charge in [0.2, 0.25) is 5.95 Å². The van der Waals surface area contributed by atoms with Gasteiger partial charge in [-0.25, -0.2) is 15.0 Å². The first-order chi connectivity index (χ1) is 13.3. The minimum atomic E-state index is 0.503. The van der Waals surface area contributed by atoms with E-state index in [4.69, 9.17) is 0 Å². The maximum Gasteiger partial charge on any atom is 0.228 e. The molecular formula is C21H24N6. The molecule has 0 aliphatic carbocycles. The molecule has 1 atom stereocenters. The van der Waals surface area contributed by atoms with Crippen LogP contribution in [0.2, 0.25) is 0 Å². The fraction of sp³-hybridized carbons (Fsp3) is 0.333. The molecule has 0 radical (unpaired) electrons. The molecule has 0 amide bonds. The second kappa shape index (κ2) is 8.22. The van der Waals surface area contributed by atoms with Gasteiger partial charge in [0, 0.05) is 37.9 Å². The Kier molecular flexibility index (Phi) is 5.34. The van der Waals surface area contributed by atoms with E-state index in [0.29, 0.717) is 11.9 Å². The number of pyridine rings is 2. The number of likely N-dealkylation sites (tertiary alicyclic amines) is 1. The highest BCUT2D eigenvalue weighted by molar-refractivity contribution is 5.48. The van der Waals surface area contributed by atoms with Gasteiger partial charge < -0.3 is 5.32 Å². The van der Waals surface area contributed by atoms with E-state index in [1.165, 1.54) is 29.7 Å². The molecule has 4 rings (SSSR count). The Labute approximate surface area is 159 Å². The lowest BCUT2D eigenvalue weighted by Crippen LogP contribution is -2.34. The number of hydrogen-bond donors (Lipinski definition) is 1. The highest BCUT2D eigenvalue weighted by Gasteiger charge is 2.22.